The average Bonchev–Trinajstić information content (AvgIpc) is 2.60. The normalized spacial score (nSPS) is 11.6. The lowest BCUT2D eigenvalue weighted by atomic mass is 10.3. The largest absolute Gasteiger partial charge is 0.481 e. The number of aromatic nitrogens is 2. The van der Waals surface area contributed by atoms with Crippen LogP contribution in [0, 0.1) is 0 Å². The van der Waals surface area contributed by atoms with Crippen LogP contribution in [0.25, 0.3) is 0 Å². The van der Waals surface area contributed by atoms with Gasteiger partial charge in [0.2, 0.25) is 0 Å². The third-order valence-electron chi connectivity index (χ3n) is 1.82. The van der Waals surface area contributed by atoms with E-state index in [1.807, 2.05) is 0 Å². The zero-order chi connectivity index (χ0) is 12.2. The molecule has 0 fully saturated rings. The number of imidazole rings is 1. The van der Waals surface area contributed by atoms with E-state index in [0.717, 1.165) is 0 Å². The predicted molar refractivity (Wildman–Crippen MR) is 55.3 cm³/mol. The zero-order valence-electron chi connectivity index (χ0n) is 8.75. The first-order chi connectivity index (χ1) is 7.42. The van der Waals surface area contributed by atoms with E-state index in [2.05, 4.69) is 9.71 Å². The van der Waals surface area contributed by atoms with Gasteiger partial charge < -0.3 is 9.67 Å². The summed E-state index contributed by atoms with van der Waals surface area (Å²) < 4.78 is 26.9. The van der Waals surface area contributed by atoms with Crippen LogP contribution in [0.1, 0.15) is 12.8 Å². The molecule has 8 heteroatoms. The summed E-state index contributed by atoms with van der Waals surface area (Å²) in [6.07, 6.45) is 2.94. The molecule has 1 aromatic rings. The lowest BCUT2D eigenvalue weighted by Gasteiger charge is -2.02. The fraction of sp³-hybridized carbons (Fsp3) is 0.500. The van der Waals surface area contributed by atoms with Gasteiger partial charge in [0, 0.05) is 26.2 Å². The Hall–Kier alpha value is -1.41. The summed E-state index contributed by atoms with van der Waals surface area (Å²) in [7, 11) is -1.95. The van der Waals surface area contributed by atoms with Gasteiger partial charge in [-0.05, 0) is 6.42 Å². The Morgan fingerprint density at radius 2 is 2.31 bits per heavy atom. The van der Waals surface area contributed by atoms with E-state index in [9.17, 15) is 13.2 Å². The van der Waals surface area contributed by atoms with E-state index in [4.69, 9.17) is 5.11 Å². The minimum atomic E-state index is -3.61. The van der Waals surface area contributed by atoms with Crippen molar-refractivity contribution in [1.29, 1.82) is 0 Å². The van der Waals surface area contributed by atoms with Gasteiger partial charge in [-0.25, -0.2) is 18.1 Å². The first kappa shape index (κ1) is 12.7. The zero-order valence-corrected chi connectivity index (χ0v) is 9.57. The molecule has 0 saturated heterocycles. The maximum atomic E-state index is 11.6. The Balaban J connectivity index is 2.50. The minimum Gasteiger partial charge on any atom is -0.481 e. The number of aliphatic carboxylic acids is 1. The minimum absolute atomic E-state index is 0.0645. The van der Waals surface area contributed by atoms with Crippen LogP contribution in [-0.4, -0.2) is 35.6 Å². The number of aryl methyl sites for hydroxylation is 1. The summed E-state index contributed by atoms with van der Waals surface area (Å²) in [4.78, 5) is 13.9. The summed E-state index contributed by atoms with van der Waals surface area (Å²) in [5, 5.41) is 8.31. The van der Waals surface area contributed by atoms with Gasteiger partial charge in [-0.1, -0.05) is 0 Å². The Morgan fingerprint density at radius 1 is 1.62 bits per heavy atom. The number of nitrogens with one attached hydrogen (secondary N) is 1. The molecule has 0 aliphatic carbocycles. The molecule has 0 amide bonds. The molecule has 0 unspecified atom stereocenters. The van der Waals surface area contributed by atoms with Crippen LogP contribution >= 0.6 is 0 Å². The van der Waals surface area contributed by atoms with Gasteiger partial charge in [0.25, 0.3) is 10.0 Å². The summed E-state index contributed by atoms with van der Waals surface area (Å²) in [6, 6.07) is 0. The van der Waals surface area contributed by atoms with Crippen LogP contribution in [0.2, 0.25) is 0 Å². The van der Waals surface area contributed by atoms with Crippen molar-refractivity contribution in [2.75, 3.05) is 6.54 Å². The second-order valence-corrected chi connectivity index (χ2v) is 4.99. The maximum Gasteiger partial charge on any atom is 0.303 e. The van der Waals surface area contributed by atoms with Crippen molar-refractivity contribution in [3.05, 3.63) is 12.5 Å². The van der Waals surface area contributed by atoms with Crippen LogP contribution in [0.4, 0.5) is 0 Å². The molecule has 0 radical (unpaired) electrons. The lowest BCUT2D eigenvalue weighted by Crippen LogP contribution is -2.25. The standard InChI is InChI=1S/C8H13N3O4S/c1-11-5-7(9-6-11)16(14,15)10-4-2-3-8(12)13/h5-6,10H,2-4H2,1H3,(H,12,13). The summed E-state index contributed by atoms with van der Waals surface area (Å²) >= 11 is 0. The van der Waals surface area contributed by atoms with E-state index < -0.39 is 16.0 Å². The van der Waals surface area contributed by atoms with Gasteiger partial charge in [-0.2, -0.15) is 0 Å². The number of carboxylic acid groups (broad SMARTS) is 1. The first-order valence-corrected chi connectivity index (χ1v) is 6.09. The molecule has 0 atom stereocenters. The fourth-order valence-corrected chi connectivity index (χ4v) is 2.10. The van der Waals surface area contributed by atoms with Gasteiger partial charge in [0.1, 0.15) is 0 Å². The number of rotatable bonds is 6. The van der Waals surface area contributed by atoms with Crippen molar-refractivity contribution in [2.24, 2.45) is 7.05 Å². The number of hydrogen-bond donors (Lipinski definition) is 2. The molecule has 90 valence electrons. The SMILES string of the molecule is Cn1cnc(S(=O)(=O)NCCCC(=O)O)c1. The second kappa shape index (κ2) is 5.08. The van der Waals surface area contributed by atoms with Crippen LogP contribution in [0.5, 0.6) is 0 Å². The molecule has 0 aliphatic heterocycles. The first-order valence-electron chi connectivity index (χ1n) is 4.61. The van der Waals surface area contributed by atoms with Crippen LogP contribution in [0.3, 0.4) is 0 Å². The van der Waals surface area contributed by atoms with Crippen molar-refractivity contribution in [1.82, 2.24) is 14.3 Å². The molecule has 1 aromatic heterocycles. The number of nitrogens with zero attached hydrogens (tertiary/aromatic N) is 2. The van der Waals surface area contributed by atoms with E-state index >= 15 is 0 Å². The second-order valence-electron chi connectivity index (χ2n) is 3.27. The molecule has 1 rings (SSSR count). The molecule has 0 saturated carbocycles. The van der Waals surface area contributed by atoms with Crippen molar-refractivity contribution < 1.29 is 18.3 Å². The number of hydrogen-bond acceptors (Lipinski definition) is 4. The van der Waals surface area contributed by atoms with Crippen molar-refractivity contribution in [3.8, 4) is 0 Å². The highest BCUT2D eigenvalue weighted by atomic mass is 32.2. The van der Waals surface area contributed by atoms with Gasteiger partial charge in [0.15, 0.2) is 5.03 Å². The number of carbonyl (C=O) groups is 1. The molecule has 7 nitrogen and oxygen atoms in total. The molecular weight excluding hydrogens is 234 g/mol. The monoisotopic (exact) mass is 247 g/mol. The smallest absolute Gasteiger partial charge is 0.303 e. The number of carboxylic acids is 1. The molecule has 0 aliphatic rings. The van der Waals surface area contributed by atoms with Gasteiger partial charge in [-0.15, -0.1) is 0 Å². The Labute approximate surface area is 93.2 Å². The van der Waals surface area contributed by atoms with Crippen LogP contribution in [-0.2, 0) is 21.9 Å². The van der Waals surface area contributed by atoms with E-state index in [1.54, 1.807) is 7.05 Å². The van der Waals surface area contributed by atoms with Crippen molar-refractivity contribution in [2.45, 2.75) is 17.9 Å². The van der Waals surface area contributed by atoms with Crippen molar-refractivity contribution >= 4 is 16.0 Å². The molecule has 1 heterocycles. The molecule has 2 N–H and O–H groups in total. The topological polar surface area (TPSA) is 101 Å². The Bertz CT molecular complexity index is 465. The predicted octanol–water partition coefficient (Wildman–Crippen LogP) is -0.437. The van der Waals surface area contributed by atoms with Gasteiger partial charge in [-0.3, -0.25) is 4.79 Å². The summed E-state index contributed by atoms with van der Waals surface area (Å²) in [5.41, 5.74) is 0. The van der Waals surface area contributed by atoms with E-state index in [0.29, 0.717) is 0 Å². The van der Waals surface area contributed by atoms with Gasteiger partial charge >= 0.3 is 5.97 Å². The number of sulfonamides is 1. The molecular formula is C8H13N3O4S. The molecule has 0 aromatic carbocycles. The highest BCUT2D eigenvalue weighted by molar-refractivity contribution is 7.89. The highest BCUT2D eigenvalue weighted by Gasteiger charge is 2.15. The van der Waals surface area contributed by atoms with Gasteiger partial charge in [0.05, 0.1) is 6.33 Å². The van der Waals surface area contributed by atoms with Crippen LogP contribution in [0.15, 0.2) is 17.6 Å². The fourth-order valence-electron chi connectivity index (χ4n) is 1.05. The Morgan fingerprint density at radius 3 is 2.81 bits per heavy atom. The third kappa shape index (κ3) is 3.63. The highest BCUT2D eigenvalue weighted by Crippen LogP contribution is 2.03. The van der Waals surface area contributed by atoms with Crippen molar-refractivity contribution in [3.63, 3.8) is 0 Å². The molecule has 0 spiro atoms. The molecule has 16 heavy (non-hydrogen) atoms. The lowest BCUT2D eigenvalue weighted by molar-refractivity contribution is -0.137. The quantitative estimate of drug-likeness (QED) is 0.664. The molecule has 0 bridgehead atoms. The third-order valence-corrected chi connectivity index (χ3v) is 3.16. The average molecular weight is 247 g/mol. The van der Waals surface area contributed by atoms with E-state index in [-0.39, 0.29) is 24.4 Å². The summed E-state index contributed by atoms with van der Waals surface area (Å²) in [5.74, 6) is -0.947. The maximum absolute atomic E-state index is 11.6. The van der Waals surface area contributed by atoms with Crippen LogP contribution < -0.4 is 4.72 Å². The summed E-state index contributed by atoms with van der Waals surface area (Å²) in [6.45, 7) is 0.0885. The Kier molecular flexibility index (Phi) is 4.02. The van der Waals surface area contributed by atoms with E-state index in [1.165, 1.54) is 17.1 Å².